The predicted molar refractivity (Wildman–Crippen MR) is 102 cm³/mol. The summed E-state index contributed by atoms with van der Waals surface area (Å²) >= 11 is 0. The monoisotopic (exact) mass is 369 g/mol. The van der Waals surface area contributed by atoms with Crippen LogP contribution >= 0.6 is 0 Å². The first kappa shape index (κ1) is 18.7. The molecule has 140 valence electrons. The van der Waals surface area contributed by atoms with Gasteiger partial charge in [0.25, 0.3) is 5.91 Å². The molecule has 1 aromatic heterocycles. The molecule has 7 heteroatoms. The first-order valence-electron chi connectivity index (χ1n) is 8.52. The molecule has 0 unspecified atom stereocenters. The highest BCUT2D eigenvalue weighted by molar-refractivity contribution is 6.35. The van der Waals surface area contributed by atoms with Crippen LogP contribution in [-0.2, 0) is 4.79 Å². The molecule has 2 heterocycles. The van der Waals surface area contributed by atoms with E-state index in [2.05, 4.69) is 27.5 Å². The molecule has 3 rings (SSSR count). The highest BCUT2D eigenvalue weighted by Gasteiger charge is 2.29. The maximum Gasteiger partial charge on any atom is 0.256 e. The first-order chi connectivity index (χ1) is 13.1. The number of aliphatic hydroxyl groups excluding tert-OH is 1. The van der Waals surface area contributed by atoms with Crippen molar-refractivity contribution in [3.63, 3.8) is 0 Å². The molecule has 2 aromatic rings. The Balaban J connectivity index is 2.11. The maximum absolute atomic E-state index is 14.5. The van der Waals surface area contributed by atoms with Gasteiger partial charge in [-0.15, -0.1) is 0 Å². The Morgan fingerprint density at radius 3 is 2.93 bits per heavy atom. The summed E-state index contributed by atoms with van der Waals surface area (Å²) < 4.78 is 19.8. The summed E-state index contributed by atoms with van der Waals surface area (Å²) in [5, 5.41) is 15.1. The van der Waals surface area contributed by atoms with E-state index in [0.29, 0.717) is 34.8 Å². The molecule has 1 amide bonds. The Hall–Kier alpha value is -3.08. The number of aromatic nitrogens is 1. The van der Waals surface area contributed by atoms with Crippen molar-refractivity contribution in [2.24, 2.45) is 0 Å². The number of fused-ring (bicyclic) bond motifs is 1. The van der Waals surface area contributed by atoms with E-state index in [1.165, 1.54) is 19.2 Å². The molecule has 0 spiro atoms. The van der Waals surface area contributed by atoms with Crippen molar-refractivity contribution in [3.05, 3.63) is 47.0 Å². The quantitative estimate of drug-likeness (QED) is 0.480. The normalized spacial score (nSPS) is 15.1. The number of amides is 1. The van der Waals surface area contributed by atoms with Crippen molar-refractivity contribution < 1.29 is 19.0 Å². The summed E-state index contributed by atoms with van der Waals surface area (Å²) in [6.07, 6.45) is 3.30. The number of ether oxygens (including phenoxy) is 1. The number of carbonyl (C=O) groups excluding carboxylic acids is 1. The fourth-order valence-electron chi connectivity index (χ4n) is 2.89. The zero-order valence-corrected chi connectivity index (χ0v) is 15.0. The Labute approximate surface area is 156 Å². The minimum atomic E-state index is -0.532. The van der Waals surface area contributed by atoms with Gasteiger partial charge >= 0.3 is 0 Å². The number of carbonyl (C=O) groups is 1. The summed E-state index contributed by atoms with van der Waals surface area (Å²) in [5.74, 6) is 5.30. The number of hydrogen-bond acceptors (Lipinski definition) is 4. The highest BCUT2D eigenvalue weighted by Crippen LogP contribution is 2.37. The summed E-state index contributed by atoms with van der Waals surface area (Å²) in [7, 11) is 1.53. The third kappa shape index (κ3) is 3.72. The first-order valence-corrected chi connectivity index (χ1v) is 8.52. The van der Waals surface area contributed by atoms with Crippen LogP contribution in [0, 0.1) is 17.7 Å². The van der Waals surface area contributed by atoms with Gasteiger partial charge in [-0.2, -0.15) is 0 Å². The Bertz CT molecular complexity index is 953. The number of rotatable bonds is 5. The van der Waals surface area contributed by atoms with Gasteiger partial charge in [0.05, 0.1) is 42.3 Å². The molecule has 27 heavy (non-hydrogen) atoms. The van der Waals surface area contributed by atoms with Gasteiger partial charge in [0.15, 0.2) is 0 Å². The Morgan fingerprint density at radius 2 is 2.22 bits per heavy atom. The molecule has 1 aliphatic heterocycles. The summed E-state index contributed by atoms with van der Waals surface area (Å²) in [5.41, 5.74) is 1.89. The van der Waals surface area contributed by atoms with E-state index < -0.39 is 11.9 Å². The van der Waals surface area contributed by atoms with Crippen LogP contribution in [0.25, 0.3) is 11.6 Å². The fraction of sp³-hybridized carbons (Fsp3) is 0.250. The van der Waals surface area contributed by atoms with E-state index in [9.17, 15) is 14.3 Å². The number of aromatic amines is 1. The van der Waals surface area contributed by atoms with Crippen LogP contribution < -0.4 is 15.4 Å². The van der Waals surface area contributed by atoms with Gasteiger partial charge in [0.2, 0.25) is 0 Å². The van der Waals surface area contributed by atoms with Crippen LogP contribution in [0.5, 0.6) is 5.75 Å². The smallest absolute Gasteiger partial charge is 0.256 e. The van der Waals surface area contributed by atoms with E-state index in [-0.39, 0.29) is 18.1 Å². The lowest BCUT2D eigenvalue weighted by Gasteiger charge is -2.08. The standard InChI is InChI=1S/C20H20FN3O3/c1-3-22-12(11-25)4-5-13-15(21)6-7-16-19(13)14(20(26)24-16)10-17-18(27-2)8-9-23-17/h6-10,12,22-23,25H,3,11H2,1-2H3,(H,24,26)/b14-10-/t12-/m1/s1. The third-order valence-electron chi connectivity index (χ3n) is 4.17. The number of benzene rings is 1. The van der Waals surface area contributed by atoms with Crippen LogP contribution in [0.3, 0.4) is 0 Å². The SMILES string of the molecule is CCN[C@H](C#Cc1c(F)ccc2c1/C(=C/c1[nH]ccc1OC)C(=O)N2)CO. The molecule has 4 N–H and O–H groups in total. The van der Waals surface area contributed by atoms with E-state index >= 15 is 0 Å². The van der Waals surface area contributed by atoms with Crippen LogP contribution in [0.15, 0.2) is 24.4 Å². The number of hydrogen-bond donors (Lipinski definition) is 4. The largest absolute Gasteiger partial charge is 0.495 e. The van der Waals surface area contributed by atoms with Gasteiger partial charge in [-0.25, -0.2) is 4.39 Å². The summed E-state index contributed by atoms with van der Waals surface area (Å²) in [4.78, 5) is 15.5. The average molecular weight is 369 g/mol. The second-order valence-electron chi connectivity index (χ2n) is 5.88. The lowest BCUT2D eigenvalue weighted by molar-refractivity contribution is -0.110. The molecule has 0 bridgehead atoms. The topological polar surface area (TPSA) is 86.4 Å². The molecule has 0 radical (unpaired) electrons. The molecule has 0 fully saturated rings. The molecule has 0 saturated carbocycles. The molecule has 0 saturated heterocycles. The fourth-order valence-corrected chi connectivity index (χ4v) is 2.89. The zero-order valence-electron chi connectivity index (χ0n) is 15.0. The summed E-state index contributed by atoms with van der Waals surface area (Å²) in [6, 6.07) is 4.03. The zero-order chi connectivity index (χ0) is 19.4. The van der Waals surface area contributed by atoms with E-state index in [4.69, 9.17) is 4.74 Å². The second kappa shape index (κ2) is 8.08. The van der Waals surface area contributed by atoms with E-state index in [1.807, 2.05) is 6.92 Å². The van der Waals surface area contributed by atoms with E-state index in [1.54, 1.807) is 18.3 Å². The minimum Gasteiger partial charge on any atom is -0.495 e. The van der Waals surface area contributed by atoms with Gasteiger partial charge in [0.1, 0.15) is 11.6 Å². The van der Waals surface area contributed by atoms with Crippen molar-refractivity contribution in [2.75, 3.05) is 25.6 Å². The number of likely N-dealkylation sites (N-methyl/N-ethyl adjacent to an activating group) is 1. The molecule has 1 aromatic carbocycles. The van der Waals surface area contributed by atoms with Crippen molar-refractivity contribution in [1.29, 1.82) is 0 Å². The van der Waals surface area contributed by atoms with Crippen LogP contribution in [0.4, 0.5) is 10.1 Å². The Morgan fingerprint density at radius 1 is 1.41 bits per heavy atom. The van der Waals surface area contributed by atoms with Gasteiger partial charge in [-0.1, -0.05) is 18.8 Å². The van der Waals surface area contributed by atoms with Gasteiger partial charge in [-0.3, -0.25) is 4.79 Å². The minimum absolute atomic E-state index is 0.110. The van der Waals surface area contributed by atoms with E-state index in [0.717, 1.165) is 0 Å². The molecule has 0 aliphatic carbocycles. The maximum atomic E-state index is 14.5. The number of H-pyrrole nitrogens is 1. The number of anilines is 1. The lowest BCUT2D eigenvalue weighted by atomic mass is 9.99. The Kier molecular flexibility index (Phi) is 5.60. The van der Waals surface area contributed by atoms with Crippen molar-refractivity contribution >= 4 is 23.2 Å². The van der Waals surface area contributed by atoms with Crippen LogP contribution in [-0.4, -0.2) is 42.3 Å². The lowest BCUT2D eigenvalue weighted by Crippen LogP contribution is -2.30. The molecular weight excluding hydrogens is 349 g/mol. The number of aliphatic hydroxyl groups is 1. The van der Waals surface area contributed by atoms with Gasteiger partial charge < -0.3 is 25.5 Å². The average Bonchev–Trinajstić information content (AvgIpc) is 3.24. The van der Waals surface area contributed by atoms with Crippen LogP contribution in [0.2, 0.25) is 0 Å². The molecule has 6 nitrogen and oxygen atoms in total. The molecule has 1 atom stereocenters. The second-order valence-corrected chi connectivity index (χ2v) is 5.88. The van der Waals surface area contributed by atoms with Gasteiger partial charge in [0, 0.05) is 11.8 Å². The van der Waals surface area contributed by atoms with Crippen LogP contribution in [0.1, 0.15) is 23.7 Å². The third-order valence-corrected chi connectivity index (χ3v) is 4.17. The number of nitrogens with one attached hydrogen (secondary N) is 3. The molecular formula is C20H20FN3O3. The number of halogens is 1. The predicted octanol–water partition coefficient (Wildman–Crippen LogP) is 1.98. The number of methoxy groups -OCH3 is 1. The van der Waals surface area contributed by atoms with Crippen molar-refractivity contribution in [2.45, 2.75) is 13.0 Å². The van der Waals surface area contributed by atoms with Gasteiger partial charge in [-0.05, 0) is 30.8 Å². The summed E-state index contributed by atoms with van der Waals surface area (Å²) in [6.45, 7) is 2.31. The molecule has 1 aliphatic rings. The van der Waals surface area contributed by atoms with Crippen molar-refractivity contribution in [3.8, 4) is 17.6 Å². The highest BCUT2D eigenvalue weighted by atomic mass is 19.1. The van der Waals surface area contributed by atoms with Crippen molar-refractivity contribution in [1.82, 2.24) is 10.3 Å².